The number of amides is 1. The lowest BCUT2D eigenvalue weighted by atomic mass is 9.74. The van der Waals surface area contributed by atoms with Gasteiger partial charge in [-0.1, -0.05) is 34.5 Å². The highest BCUT2D eigenvalue weighted by atomic mass is 35.5. The van der Waals surface area contributed by atoms with Crippen LogP contribution in [0.25, 0.3) is 0 Å². The predicted octanol–water partition coefficient (Wildman–Crippen LogP) is 6.41. The standard InChI is InChI=1S/C25H22Cl2N2O3S2/c26-14-3-6-16(7-4-14)28-19(30)11-32-18-8-5-15(27)10-17(18)21-20-12-1-2-13(9-12)22(20)33-24-23(21)34-25(31)29-24/h3-8,10,12-13,20-22H,1-2,9,11H2,(H,28,30)(H,29,31)/t12?,13?,20?,21-,22?/m1/s1. The maximum atomic E-state index is 12.6. The first kappa shape index (κ1) is 22.5. The van der Waals surface area contributed by atoms with Gasteiger partial charge >= 0.3 is 4.87 Å². The van der Waals surface area contributed by atoms with Crippen molar-refractivity contribution >= 4 is 57.9 Å². The molecule has 2 saturated carbocycles. The molecule has 2 bridgehead atoms. The van der Waals surface area contributed by atoms with Crippen molar-refractivity contribution in [2.75, 3.05) is 11.9 Å². The van der Waals surface area contributed by atoms with E-state index in [2.05, 4.69) is 10.3 Å². The Hall–Kier alpha value is -1.93. The number of thiazole rings is 1. The Morgan fingerprint density at radius 2 is 1.85 bits per heavy atom. The number of aromatic amines is 1. The van der Waals surface area contributed by atoms with Crippen LogP contribution < -0.4 is 14.9 Å². The van der Waals surface area contributed by atoms with E-state index in [0.717, 1.165) is 15.5 Å². The number of benzene rings is 2. The predicted molar refractivity (Wildman–Crippen MR) is 138 cm³/mol. The molecule has 0 saturated heterocycles. The number of carbonyl (C=O) groups excluding carboxylic acids is 1. The molecule has 2 N–H and O–H groups in total. The summed E-state index contributed by atoms with van der Waals surface area (Å²) in [4.78, 5) is 29.0. The van der Waals surface area contributed by atoms with Crippen LogP contribution in [0.4, 0.5) is 5.69 Å². The number of anilines is 1. The second-order valence-corrected chi connectivity index (χ2v) is 12.3. The van der Waals surface area contributed by atoms with Crippen molar-refractivity contribution < 1.29 is 9.53 Å². The van der Waals surface area contributed by atoms with Gasteiger partial charge in [-0.15, -0.1) is 11.8 Å². The average Bonchev–Trinajstić information content (AvgIpc) is 3.52. The maximum Gasteiger partial charge on any atom is 0.305 e. The maximum absolute atomic E-state index is 12.6. The number of fused-ring (bicyclic) bond motifs is 6. The molecule has 3 aliphatic rings. The fraction of sp³-hybridized carbons (Fsp3) is 0.360. The van der Waals surface area contributed by atoms with E-state index in [9.17, 15) is 9.59 Å². The molecule has 34 heavy (non-hydrogen) atoms. The molecule has 2 heterocycles. The number of halogens is 2. The number of thioether (sulfide) groups is 1. The van der Waals surface area contributed by atoms with Crippen LogP contribution in [0.1, 0.15) is 35.6 Å². The van der Waals surface area contributed by atoms with E-state index >= 15 is 0 Å². The molecule has 2 aliphatic carbocycles. The van der Waals surface area contributed by atoms with Crippen molar-refractivity contribution in [3.8, 4) is 5.75 Å². The van der Waals surface area contributed by atoms with Gasteiger partial charge in [-0.2, -0.15) is 0 Å². The summed E-state index contributed by atoms with van der Waals surface area (Å²) < 4.78 is 6.07. The molecule has 5 nitrogen and oxygen atoms in total. The van der Waals surface area contributed by atoms with Gasteiger partial charge in [0.05, 0.1) is 5.03 Å². The molecule has 6 rings (SSSR count). The van der Waals surface area contributed by atoms with Crippen molar-refractivity contribution in [3.63, 3.8) is 0 Å². The van der Waals surface area contributed by atoms with Crippen LogP contribution >= 0.6 is 46.3 Å². The number of hydrogen-bond acceptors (Lipinski definition) is 5. The largest absolute Gasteiger partial charge is 0.483 e. The molecule has 2 aromatic carbocycles. The highest BCUT2D eigenvalue weighted by Gasteiger charge is 2.55. The topological polar surface area (TPSA) is 71.2 Å². The SMILES string of the molecule is O=C(COc1ccc(Cl)cc1[C@H]1c2sc(=O)[nH]c2SC2C3CCC(C3)C21)Nc1ccc(Cl)cc1. The van der Waals surface area contributed by atoms with Crippen LogP contribution in [0, 0.1) is 17.8 Å². The molecule has 176 valence electrons. The van der Waals surface area contributed by atoms with Gasteiger partial charge in [0.1, 0.15) is 5.75 Å². The first-order valence-electron chi connectivity index (χ1n) is 11.3. The van der Waals surface area contributed by atoms with Gasteiger partial charge in [-0.25, -0.2) is 0 Å². The number of carbonyl (C=O) groups is 1. The fourth-order valence-corrected chi connectivity index (χ4v) is 9.16. The fourth-order valence-electron chi connectivity index (χ4n) is 5.96. The molecule has 3 aromatic rings. The highest BCUT2D eigenvalue weighted by Crippen LogP contribution is 2.64. The minimum Gasteiger partial charge on any atom is -0.483 e. The van der Waals surface area contributed by atoms with Gasteiger partial charge in [0.15, 0.2) is 6.61 Å². The van der Waals surface area contributed by atoms with Gasteiger partial charge in [-0.05, 0) is 79.5 Å². The number of ether oxygens (including phenoxy) is 1. The summed E-state index contributed by atoms with van der Waals surface area (Å²) in [6.45, 7) is -0.130. The third-order valence-corrected chi connectivity index (χ3v) is 10.4. The Morgan fingerprint density at radius 1 is 1.09 bits per heavy atom. The summed E-state index contributed by atoms with van der Waals surface area (Å²) in [6.07, 6.45) is 3.75. The molecule has 1 aliphatic heterocycles. The van der Waals surface area contributed by atoms with E-state index in [1.165, 1.54) is 30.6 Å². The second kappa shape index (κ2) is 8.94. The Bertz CT molecular complexity index is 1310. The normalized spacial score (nSPS) is 26.7. The molecule has 5 atom stereocenters. The summed E-state index contributed by atoms with van der Waals surface area (Å²) in [5.41, 5.74) is 1.62. The Morgan fingerprint density at radius 3 is 2.68 bits per heavy atom. The lowest BCUT2D eigenvalue weighted by molar-refractivity contribution is -0.118. The van der Waals surface area contributed by atoms with E-state index in [-0.39, 0.29) is 23.3 Å². The van der Waals surface area contributed by atoms with Crippen molar-refractivity contribution in [2.45, 2.75) is 35.5 Å². The summed E-state index contributed by atoms with van der Waals surface area (Å²) in [5, 5.41) is 5.53. The minimum absolute atomic E-state index is 0.0262. The van der Waals surface area contributed by atoms with Crippen LogP contribution in [0.15, 0.2) is 52.3 Å². The molecule has 0 spiro atoms. The molecular formula is C25H22Cl2N2O3S2. The van der Waals surface area contributed by atoms with E-state index in [1.54, 1.807) is 30.3 Å². The molecule has 1 aromatic heterocycles. The van der Waals surface area contributed by atoms with Crippen LogP contribution in [-0.2, 0) is 4.79 Å². The summed E-state index contributed by atoms with van der Waals surface area (Å²) in [5.74, 6) is 2.18. The van der Waals surface area contributed by atoms with Gasteiger partial charge in [-0.3, -0.25) is 9.59 Å². The summed E-state index contributed by atoms with van der Waals surface area (Å²) in [7, 11) is 0. The number of hydrogen-bond donors (Lipinski definition) is 2. The number of H-pyrrole nitrogens is 1. The molecule has 2 fully saturated rings. The van der Waals surface area contributed by atoms with Gasteiger partial charge < -0.3 is 15.0 Å². The molecular weight excluding hydrogens is 511 g/mol. The van der Waals surface area contributed by atoms with Crippen LogP contribution in [0.3, 0.4) is 0 Å². The Kier molecular flexibility index (Phi) is 5.92. The quantitative estimate of drug-likeness (QED) is 0.398. The highest BCUT2D eigenvalue weighted by molar-refractivity contribution is 8.00. The first-order chi connectivity index (χ1) is 16.5. The monoisotopic (exact) mass is 532 g/mol. The average molecular weight is 534 g/mol. The number of rotatable bonds is 5. The Balaban J connectivity index is 1.30. The molecule has 4 unspecified atom stereocenters. The van der Waals surface area contributed by atoms with E-state index in [4.69, 9.17) is 27.9 Å². The van der Waals surface area contributed by atoms with Crippen molar-refractivity contribution in [1.82, 2.24) is 4.98 Å². The third kappa shape index (κ3) is 4.06. The molecule has 0 radical (unpaired) electrons. The zero-order chi connectivity index (χ0) is 23.4. The molecule has 9 heteroatoms. The zero-order valence-electron chi connectivity index (χ0n) is 18.1. The van der Waals surface area contributed by atoms with Crippen molar-refractivity contribution in [2.24, 2.45) is 17.8 Å². The Labute approximate surface area is 215 Å². The van der Waals surface area contributed by atoms with Gasteiger partial charge in [0.25, 0.3) is 5.91 Å². The van der Waals surface area contributed by atoms with Gasteiger partial charge in [0, 0.05) is 37.3 Å². The number of nitrogens with one attached hydrogen (secondary N) is 2. The number of aromatic nitrogens is 1. The summed E-state index contributed by atoms with van der Waals surface area (Å²) in [6, 6.07) is 12.5. The van der Waals surface area contributed by atoms with Gasteiger partial charge in [0.2, 0.25) is 0 Å². The van der Waals surface area contributed by atoms with E-state index < -0.39 is 0 Å². The minimum atomic E-state index is -0.257. The molecule has 1 amide bonds. The first-order valence-corrected chi connectivity index (χ1v) is 13.8. The second-order valence-electron chi connectivity index (χ2n) is 9.20. The summed E-state index contributed by atoms with van der Waals surface area (Å²) >= 11 is 15.5. The lowest BCUT2D eigenvalue weighted by Gasteiger charge is -2.40. The van der Waals surface area contributed by atoms with Crippen molar-refractivity contribution in [3.05, 3.63) is 72.6 Å². The van der Waals surface area contributed by atoms with Crippen molar-refractivity contribution in [1.29, 1.82) is 0 Å². The zero-order valence-corrected chi connectivity index (χ0v) is 21.2. The van der Waals surface area contributed by atoms with Crippen LogP contribution in [-0.4, -0.2) is 22.7 Å². The lowest BCUT2D eigenvalue weighted by Crippen LogP contribution is -2.34. The van der Waals surface area contributed by atoms with E-state index in [1.807, 2.05) is 23.9 Å². The third-order valence-electron chi connectivity index (χ3n) is 7.26. The van der Waals surface area contributed by atoms with E-state index in [0.29, 0.717) is 44.5 Å². The van der Waals surface area contributed by atoms with Crippen LogP contribution in [0.2, 0.25) is 10.0 Å². The smallest absolute Gasteiger partial charge is 0.305 e. The van der Waals surface area contributed by atoms with Crippen LogP contribution in [0.5, 0.6) is 5.75 Å².